The monoisotopic (exact) mass is 237 g/mol. The van der Waals surface area contributed by atoms with E-state index in [0.717, 1.165) is 9.75 Å². The van der Waals surface area contributed by atoms with E-state index in [9.17, 15) is 4.39 Å². The normalized spacial score (nSPS) is 12.7. The summed E-state index contributed by atoms with van der Waals surface area (Å²) < 4.78 is 13.6. The summed E-state index contributed by atoms with van der Waals surface area (Å²) in [6, 6.07) is 6.46. The van der Waals surface area contributed by atoms with Crippen molar-refractivity contribution in [2.75, 3.05) is 0 Å². The summed E-state index contributed by atoms with van der Waals surface area (Å²) in [5.41, 5.74) is 2.92. The third-order valence-electron chi connectivity index (χ3n) is 2.27. The first kappa shape index (κ1) is 11.2. The lowest BCUT2D eigenvalue weighted by Crippen LogP contribution is -2.29. The molecule has 0 radical (unpaired) electrons. The minimum Gasteiger partial charge on any atom is -0.270 e. The number of nitrogens with one attached hydrogen (secondary N) is 1. The van der Waals surface area contributed by atoms with E-state index in [-0.39, 0.29) is 11.9 Å². The minimum atomic E-state index is -0.389. The highest BCUT2D eigenvalue weighted by Crippen LogP contribution is 2.27. The van der Waals surface area contributed by atoms with Crippen molar-refractivity contribution in [3.8, 4) is 0 Å². The van der Waals surface area contributed by atoms with E-state index < -0.39 is 0 Å². The molecular formula is C11H12FN3S. The Bertz CT molecular complexity index is 484. The molecule has 3 N–H and O–H groups in total. The van der Waals surface area contributed by atoms with Crippen LogP contribution in [0.15, 0.2) is 30.5 Å². The number of pyridine rings is 1. The van der Waals surface area contributed by atoms with Crippen LogP contribution in [0.25, 0.3) is 0 Å². The Labute approximate surface area is 97.1 Å². The van der Waals surface area contributed by atoms with Crippen LogP contribution in [-0.4, -0.2) is 4.98 Å². The molecule has 1 atom stereocenters. The molecular weight excluding hydrogens is 225 g/mol. The lowest BCUT2D eigenvalue weighted by atomic mass is 10.1. The van der Waals surface area contributed by atoms with Crippen LogP contribution in [0.3, 0.4) is 0 Å². The fraction of sp³-hybridized carbons (Fsp3) is 0.182. The SMILES string of the molecule is Cc1ccc(C(NN)c2ncccc2F)s1. The van der Waals surface area contributed by atoms with E-state index in [4.69, 9.17) is 5.84 Å². The van der Waals surface area contributed by atoms with Gasteiger partial charge in [0.05, 0.1) is 5.69 Å². The molecule has 0 fully saturated rings. The topological polar surface area (TPSA) is 50.9 Å². The molecule has 1 unspecified atom stereocenters. The number of aryl methyl sites for hydroxylation is 1. The summed E-state index contributed by atoms with van der Waals surface area (Å²) in [7, 11) is 0. The zero-order valence-electron chi connectivity index (χ0n) is 8.77. The van der Waals surface area contributed by atoms with E-state index in [1.807, 2.05) is 19.1 Å². The van der Waals surface area contributed by atoms with Crippen LogP contribution in [0, 0.1) is 12.7 Å². The Morgan fingerprint density at radius 1 is 1.44 bits per heavy atom. The van der Waals surface area contributed by atoms with Crippen LogP contribution in [0.5, 0.6) is 0 Å². The number of aromatic nitrogens is 1. The number of rotatable bonds is 3. The molecule has 0 spiro atoms. The fourth-order valence-corrected chi connectivity index (χ4v) is 2.46. The van der Waals surface area contributed by atoms with E-state index in [0.29, 0.717) is 5.69 Å². The molecule has 2 aromatic heterocycles. The van der Waals surface area contributed by atoms with Crippen molar-refractivity contribution in [1.82, 2.24) is 10.4 Å². The van der Waals surface area contributed by atoms with Gasteiger partial charge in [0.25, 0.3) is 0 Å². The number of halogens is 1. The molecule has 2 heterocycles. The van der Waals surface area contributed by atoms with Crippen LogP contribution < -0.4 is 11.3 Å². The first-order chi connectivity index (χ1) is 7.72. The highest BCUT2D eigenvalue weighted by atomic mass is 32.1. The summed E-state index contributed by atoms with van der Waals surface area (Å²) in [4.78, 5) is 6.14. The predicted molar refractivity (Wildman–Crippen MR) is 62.4 cm³/mol. The summed E-state index contributed by atoms with van der Waals surface area (Å²) in [6.07, 6.45) is 1.56. The fourth-order valence-electron chi connectivity index (χ4n) is 1.51. The molecule has 0 saturated heterocycles. The summed E-state index contributed by atoms with van der Waals surface area (Å²) in [6.45, 7) is 2.00. The van der Waals surface area contributed by atoms with E-state index in [1.165, 1.54) is 6.07 Å². The average molecular weight is 237 g/mol. The third-order valence-corrected chi connectivity index (χ3v) is 3.34. The quantitative estimate of drug-likeness (QED) is 0.635. The molecule has 0 amide bonds. The third kappa shape index (κ3) is 2.11. The highest BCUT2D eigenvalue weighted by Gasteiger charge is 2.18. The Kier molecular flexibility index (Phi) is 3.28. The first-order valence-corrected chi connectivity index (χ1v) is 5.67. The van der Waals surface area contributed by atoms with Gasteiger partial charge in [0.2, 0.25) is 0 Å². The second-order valence-electron chi connectivity index (χ2n) is 3.42. The van der Waals surface area contributed by atoms with Gasteiger partial charge < -0.3 is 0 Å². The van der Waals surface area contributed by atoms with Gasteiger partial charge in [0, 0.05) is 16.0 Å². The Hall–Kier alpha value is -1.30. The van der Waals surface area contributed by atoms with Gasteiger partial charge in [0.1, 0.15) is 11.9 Å². The zero-order chi connectivity index (χ0) is 11.5. The lowest BCUT2D eigenvalue weighted by molar-refractivity contribution is 0.548. The predicted octanol–water partition coefficient (Wildman–Crippen LogP) is 2.14. The standard InChI is InChI=1S/C11H12FN3S/c1-7-4-5-9(16-7)11(15-13)10-8(12)3-2-6-14-10/h2-6,11,15H,13H2,1H3. The largest absolute Gasteiger partial charge is 0.270 e. The zero-order valence-corrected chi connectivity index (χ0v) is 9.59. The van der Waals surface area contributed by atoms with Crippen LogP contribution in [0.4, 0.5) is 4.39 Å². The molecule has 3 nitrogen and oxygen atoms in total. The number of hydrogen-bond donors (Lipinski definition) is 2. The van der Waals surface area contributed by atoms with Gasteiger partial charge in [-0.05, 0) is 31.2 Å². The number of hydrogen-bond acceptors (Lipinski definition) is 4. The van der Waals surface area contributed by atoms with E-state index >= 15 is 0 Å². The maximum atomic E-state index is 13.6. The molecule has 0 aliphatic heterocycles. The maximum Gasteiger partial charge on any atom is 0.146 e. The van der Waals surface area contributed by atoms with Gasteiger partial charge in [-0.3, -0.25) is 10.8 Å². The molecule has 2 aromatic rings. The van der Waals surface area contributed by atoms with Gasteiger partial charge in [-0.25, -0.2) is 9.82 Å². The highest BCUT2D eigenvalue weighted by molar-refractivity contribution is 7.12. The molecule has 0 aliphatic rings. The summed E-state index contributed by atoms with van der Waals surface area (Å²) in [5.74, 6) is 5.11. The first-order valence-electron chi connectivity index (χ1n) is 4.85. The molecule has 16 heavy (non-hydrogen) atoms. The van der Waals surface area contributed by atoms with E-state index in [2.05, 4.69) is 10.4 Å². The molecule has 0 aromatic carbocycles. The number of nitrogens with zero attached hydrogens (tertiary/aromatic N) is 1. The lowest BCUT2D eigenvalue weighted by Gasteiger charge is -2.13. The molecule has 2 rings (SSSR count). The Morgan fingerprint density at radius 3 is 2.81 bits per heavy atom. The van der Waals surface area contributed by atoms with Crippen molar-refractivity contribution in [1.29, 1.82) is 0 Å². The maximum absolute atomic E-state index is 13.6. The van der Waals surface area contributed by atoms with E-state index in [1.54, 1.807) is 23.6 Å². The van der Waals surface area contributed by atoms with Crippen LogP contribution in [0.2, 0.25) is 0 Å². The van der Waals surface area contributed by atoms with Crippen molar-refractivity contribution >= 4 is 11.3 Å². The van der Waals surface area contributed by atoms with Crippen LogP contribution in [-0.2, 0) is 0 Å². The molecule has 0 bridgehead atoms. The second kappa shape index (κ2) is 4.69. The Morgan fingerprint density at radius 2 is 2.25 bits per heavy atom. The molecule has 0 saturated carbocycles. The van der Waals surface area contributed by atoms with Gasteiger partial charge in [-0.2, -0.15) is 0 Å². The summed E-state index contributed by atoms with van der Waals surface area (Å²) >= 11 is 1.57. The number of nitrogens with two attached hydrogens (primary N) is 1. The van der Waals surface area contributed by atoms with Crippen LogP contribution in [0.1, 0.15) is 21.5 Å². The Balaban J connectivity index is 2.40. The molecule has 5 heteroatoms. The number of thiophene rings is 1. The van der Waals surface area contributed by atoms with Crippen molar-refractivity contribution in [2.24, 2.45) is 5.84 Å². The molecule has 84 valence electrons. The van der Waals surface area contributed by atoms with Crippen molar-refractivity contribution in [3.05, 3.63) is 51.7 Å². The van der Waals surface area contributed by atoms with Gasteiger partial charge in [-0.15, -0.1) is 11.3 Å². The van der Waals surface area contributed by atoms with Crippen LogP contribution >= 0.6 is 11.3 Å². The minimum absolute atomic E-state index is 0.326. The number of hydrazine groups is 1. The van der Waals surface area contributed by atoms with Crippen molar-refractivity contribution in [3.63, 3.8) is 0 Å². The van der Waals surface area contributed by atoms with Crippen molar-refractivity contribution in [2.45, 2.75) is 13.0 Å². The smallest absolute Gasteiger partial charge is 0.146 e. The van der Waals surface area contributed by atoms with Gasteiger partial charge in [0.15, 0.2) is 0 Å². The molecule has 0 aliphatic carbocycles. The van der Waals surface area contributed by atoms with Crippen molar-refractivity contribution < 1.29 is 4.39 Å². The van der Waals surface area contributed by atoms with Gasteiger partial charge in [-0.1, -0.05) is 0 Å². The summed E-state index contributed by atoms with van der Waals surface area (Å²) in [5, 5.41) is 0. The second-order valence-corrected chi connectivity index (χ2v) is 4.74. The van der Waals surface area contributed by atoms with Gasteiger partial charge >= 0.3 is 0 Å². The average Bonchev–Trinajstić information content (AvgIpc) is 2.69.